The molecule has 41 heavy (non-hydrogen) atoms. The molecule has 1 unspecified atom stereocenters. The van der Waals surface area contributed by atoms with Crippen molar-refractivity contribution in [2.24, 2.45) is 5.41 Å². The van der Waals surface area contributed by atoms with Crippen LogP contribution in [0.4, 0.5) is 22.7 Å². The first-order chi connectivity index (χ1) is 19.3. The Morgan fingerprint density at radius 1 is 1.07 bits per heavy atom. The summed E-state index contributed by atoms with van der Waals surface area (Å²) in [6, 6.07) is 10.7. The molecule has 3 aromatic carbocycles. The maximum atomic E-state index is 13.8. The second kappa shape index (κ2) is 10.1. The molecule has 2 heterocycles. The lowest BCUT2D eigenvalue weighted by Crippen LogP contribution is -2.39. The molecule has 1 aromatic heterocycles. The lowest BCUT2D eigenvalue weighted by Gasteiger charge is -2.31. The smallest absolute Gasteiger partial charge is 0.337 e. The fourth-order valence-electron chi connectivity index (χ4n) is 4.98. The summed E-state index contributed by atoms with van der Waals surface area (Å²) in [5, 5.41) is 16.2. The number of ether oxygens (including phenoxy) is 1. The maximum absolute atomic E-state index is 13.8. The van der Waals surface area contributed by atoms with Gasteiger partial charge in [0.1, 0.15) is 28.6 Å². The topological polar surface area (TPSA) is 138 Å². The fourth-order valence-corrected chi connectivity index (χ4v) is 5.20. The second-order valence-electron chi connectivity index (χ2n) is 11.0. The maximum Gasteiger partial charge on any atom is 0.337 e. The first-order valence-electron chi connectivity index (χ1n) is 12.8. The first kappa shape index (κ1) is 28.0. The normalized spacial score (nSPS) is 13.8. The predicted octanol–water partition coefficient (Wildman–Crippen LogP) is 5.65. The largest absolute Gasteiger partial charge is 0.497 e. The van der Waals surface area contributed by atoms with Gasteiger partial charge >= 0.3 is 5.97 Å². The van der Waals surface area contributed by atoms with Crippen molar-refractivity contribution < 1.29 is 23.8 Å². The van der Waals surface area contributed by atoms with Gasteiger partial charge in [0.05, 0.1) is 42.2 Å². The van der Waals surface area contributed by atoms with E-state index in [1.165, 1.54) is 30.2 Å². The number of anilines is 4. The monoisotopic (exact) mass is 577 g/mol. The van der Waals surface area contributed by atoms with Crippen molar-refractivity contribution in [3.63, 3.8) is 0 Å². The lowest BCUT2D eigenvalue weighted by molar-refractivity contribution is 0.0697. The molecule has 212 valence electrons. The molecule has 10 nitrogen and oxygen atoms in total. The zero-order valence-corrected chi connectivity index (χ0v) is 23.8. The van der Waals surface area contributed by atoms with E-state index in [0.717, 1.165) is 0 Å². The molecule has 0 aliphatic carbocycles. The van der Waals surface area contributed by atoms with Crippen LogP contribution < -0.4 is 31.1 Å². The van der Waals surface area contributed by atoms with E-state index in [1.54, 1.807) is 12.1 Å². The number of carbonyl (C=O) groups excluding carboxylic acids is 1. The predicted molar refractivity (Wildman–Crippen MR) is 156 cm³/mol. The first-order valence-corrected chi connectivity index (χ1v) is 13.2. The summed E-state index contributed by atoms with van der Waals surface area (Å²) in [5.41, 5.74) is -0.796. The number of nitrogens with zero attached hydrogens (tertiary/aromatic N) is 1. The molecule has 0 bridgehead atoms. The summed E-state index contributed by atoms with van der Waals surface area (Å²) in [6.45, 7) is 7.75. The van der Waals surface area contributed by atoms with Crippen molar-refractivity contribution in [3.8, 4) is 5.75 Å². The number of aromatic carboxylic acids is 1. The average molecular weight is 578 g/mol. The van der Waals surface area contributed by atoms with Crippen LogP contribution in [0.15, 0.2) is 56.5 Å². The van der Waals surface area contributed by atoms with Crippen LogP contribution in [0.1, 0.15) is 64.6 Å². The number of hydrogen-bond donors (Lipinski definition) is 3. The Bertz CT molecular complexity index is 1780. The number of methoxy groups -OCH3 is 1. The number of rotatable bonds is 8. The molecular weight excluding hydrogens is 550 g/mol. The number of fused-ring (bicyclic) bond motifs is 1. The van der Waals surface area contributed by atoms with E-state index in [-0.39, 0.29) is 40.4 Å². The minimum Gasteiger partial charge on any atom is -0.497 e. The Morgan fingerprint density at radius 2 is 1.78 bits per heavy atom. The molecule has 1 aliphatic rings. The van der Waals surface area contributed by atoms with E-state index in [2.05, 4.69) is 10.6 Å². The van der Waals surface area contributed by atoms with E-state index < -0.39 is 34.2 Å². The van der Waals surface area contributed by atoms with E-state index in [4.69, 9.17) is 20.8 Å². The summed E-state index contributed by atoms with van der Waals surface area (Å²) in [6.07, 6.45) is 0. The number of amides is 1. The molecule has 0 spiro atoms. The molecule has 0 radical (unpaired) electrons. The number of furan rings is 1. The summed E-state index contributed by atoms with van der Waals surface area (Å²) in [7, 11) is 1.44. The molecule has 1 amide bonds. The molecule has 11 heteroatoms. The number of aryl methyl sites for hydroxylation is 1. The van der Waals surface area contributed by atoms with Crippen LogP contribution in [-0.4, -0.2) is 24.1 Å². The van der Waals surface area contributed by atoms with Crippen molar-refractivity contribution in [3.05, 3.63) is 96.1 Å². The van der Waals surface area contributed by atoms with E-state index in [1.807, 2.05) is 39.8 Å². The average Bonchev–Trinajstić information content (AvgIpc) is 3.51. The second-order valence-corrected chi connectivity index (χ2v) is 11.4. The lowest BCUT2D eigenvalue weighted by atomic mass is 9.85. The van der Waals surface area contributed by atoms with Crippen LogP contribution in [0, 0.1) is 12.3 Å². The molecule has 4 aromatic rings. The van der Waals surface area contributed by atoms with Crippen LogP contribution in [0.3, 0.4) is 0 Å². The number of carbonyl (C=O) groups is 2. The number of halogens is 1. The summed E-state index contributed by atoms with van der Waals surface area (Å²) in [4.78, 5) is 52.4. The molecule has 0 saturated carbocycles. The van der Waals surface area contributed by atoms with Crippen molar-refractivity contribution in [1.82, 2.24) is 0 Å². The number of carboxylic acids is 1. The van der Waals surface area contributed by atoms with Crippen LogP contribution in [-0.2, 0) is 6.54 Å². The minimum absolute atomic E-state index is 0.00303. The van der Waals surface area contributed by atoms with Crippen molar-refractivity contribution in [2.75, 3.05) is 22.6 Å². The minimum atomic E-state index is -1.21. The Morgan fingerprint density at radius 3 is 2.39 bits per heavy atom. The fraction of sp³-hybridized carbons (Fsp3) is 0.267. The highest BCUT2D eigenvalue weighted by Gasteiger charge is 2.37. The van der Waals surface area contributed by atoms with Gasteiger partial charge in [-0.15, -0.1) is 0 Å². The zero-order valence-electron chi connectivity index (χ0n) is 23.0. The van der Waals surface area contributed by atoms with Crippen LogP contribution >= 0.6 is 11.6 Å². The van der Waals surface area contributed by atoms with E-state index in [9.17, 15) is 24.3 Å². The zero-order chi connectivity index (χ0) is 29.8. The van der Waals surface area contributed by atoms with Crippen molar-refractivity contribution >= 4 is 46.2 Å². The van der Waals surface area contributed by atoms with Gasteiger partial charge in [-0.3, -0.25) is 14.4 Å². The molecule has 3 N–H and O–H groups in total. The number of benzene rings is 2. The highest BCUT2D eigenvalue weighted by molar-refractivity contribution is 6.33. The van der Waals surface area contributed by atoms with Gasteiger partial charge in [0.2, 0.25) is 0 Å². The highest BCUT2D eigenvalue weighted by Crippen LogP contribution is 2.41. The molecule has 0 fully saturated rings. The Kier molecular flexibility index (Phi) is 6.90. The summed E-state index contributed by atoms with van der Waals surface area (Å²) < 4.78 is 11.1. The van der Waals surface area contributed by atoms with Crippen molar-refractivity contribution in [1.29, 1.82) is 0 Å². The number of nitrogens with one attached hydrogen (secondary N) is 2. The molecule has 5 rings (SSSR count). The van der Waals surface area contributed by atoms with Gasteiger partial charge in [0.15, 0.2) is 0 Å². The Hall–Kier alpha value is -4.57. The molecular formula is C30H28ClN3O7. The van der Waals surface area contributed by atoms with Gasteiger partial charge in [0, 0.05) is 16.7 Å². The summed E-state index contributed by atoms with van der Waals surface area (Å²) in [5.74, 6) is -0.0400. The van der Waals surface area contributed by atoms with Crippen LogP contribution in [0.5, 0.6) is 5.75 Å². The Balaban J connectivity index is 1.52. The van der Waals surface area contributed by atoms with Gasteiger partial charge < -0.3 is 29.8 Å². The third-order valence-electron chi connectivity index (χ3n) is 7.13. The Labute approximate surface area is 240 Å². The SMILES string of the molecule is COc1ccc(C(=O)O)c(N2Cc3c(Cl)ccc(Nc4c(NC(c5ccc(C)o5)C(C)(C)C)c(=O)c4=O)c3C2=O)c1. The molecule has 0 saturated heterocycles. The van der Waals surface area contributed by atoms with E-state index in [0.29, 0.717) is 27.9 Å². The van der Waals surface area contributed by atoms with Gasteiger partial charge in [-0.25, -0.2) is 4.79 Å². The third kappa shape index (κ3) is 4.84. The van der Waals surface area contributed by atoms with Crippen LogP contribution in [0.25, 0.3) is 0 Å². The third-order valence-corrected chi connectivity index (χ3v) is 7.48. The quantitative estimate of drug-likeness (QED) is 0.227. The van der Waals surface area contributed by atoms with Crippen LogP contribution in [0.2, 0.25) is 5.02 Å². The molecule has 1 atom stereocenters. The summed E-state index contributed by atoms with van der Waals surface area (Å²) >= 11 is 6.47. The van der Waals surface area contributed by atoms with E-state index >= 15 is 0 Å². The number of carboxylic acid groups (broad SMARTS) is 1. The van der Waals surface area contributed by atoms with Gasteiger partial charge in [-0.1, -0.05) is 32.4 Å². The van der Waals surface area contributed by atoms with Gasteiger partial charge in [-0.05, 0) is 48.7 Å². The standard InChI is InChI=1S/C30H28ClN3O7/c1-14-6-11-21(41-14)27(30(2,3)4)33-24-23(25(35)26(24)36)32-19-10-9-18(31)17-13-34(28(37)22(17)19)20-12-15(40-5)7-8-16(20)29(38)39/h6-12,27,32-33H,13H2,1-5H3,(H,38,39). The van der Waals surface area contributed by atoms with Gasteiger partial charge in [0.25, 0.3) is 16.8 Å². The number of hydrogen-bond acceptors (Lipinski definition) is 8. The molecule has 1 aliphatic heterocycles. The highest BCUT2D eigenvalue weighted by atomic mass is 35.5. The van der Waals surface area contributed by atoms with Crippen molar-refractivity contribution in [2.45, 2.75) is 40.3 Å². The van der Waals surface area contributed by atoms with Gasteiger partial charge in [-0.2, -0.15) is 0 Å².